The Morgan fingerprint density at radius 3 is 2.60 bits per heavy atom. The number of fused-ring (bicyclic) bond motifs is 1. The number of hydrogen-bond donors (Lipinski definition) is 2. The molecule has 35 heavy (non-hydrogen) atoms. The summed E-state index contributed by atoms with van der Waals surface area (Å²) in [6, 6.07) is 11.7. The van der Waals surface area contributed by atoms with Gasteiger partial charge in [0.15, 0.2) is 0 Å². The zero-order valence-electron chi connectivity index (χ0n) is 20.9. The fraction of sp³-hybridized carbons (Fsp3) is 0.556. The predicted molar refractivity (Wildman–Crippen MR) is 139 cm³/mol. The number of nitrogens with one attached hydrogen (secondary N) is 1. The highest BCUT2D eigenvalue weighted by molar-refractivity contribution is 5.81. The second kappa shape index (κ2) is 11.0. The Balaban J connectivity index is 1.45. The van der Waals surface area contributed by atoms with Crippen LogP contribution in [-0.2, 0) is 16.0 Å². The van der Waals surface area contributed by atoms with Crippen molar-refractivity contribution in [1.29, 1.82) is 0 Å². The summed E-state index contributed by atoms with van der Waals surface area (Å²) >= 11 is 0. The predicted octanol–water partition coefficient (Wildman–Crippen LogP) is 3.66. The molecule has 8 heteroatoms. The molecule has 1 atom stereocenters. The summed E-state index contributed by atoms with van der Waals surface area (Å²) in [5.74, 6) is 1.08. The molecule has 2 fully saturated rings. The van der Waals surface area contributed by atoms with E-state index in [1.165, 1.54) is 22.4 Å². The number of aromatic nitrogens is 3. The van der Waals surface area contributed by atoms with Crippen molar-refractivity contribution in [1.82, 2.24) is 19.5 Å². The maximum atomic E-state index is 6.21. The molecule has 0 spiro atoms. The summed E-state index contributed by atoms with van der Waals surface area (Å²) in [6.07, 6.45) is 6.26. The average molecular weight is 479 g/mol. The van der Waals surface area contributed by atoms with Crippen molar-refractivity contribution in [2.75, 3.05) is 45.3 Å². The SMILES string of the molecule is COCC(C)Nc1ncc2c(-c3ccc(CN4CCOCC4)cc3)cc([C@H]3CC[C@H](N)CC3)n2n1. The molecule has 0 bridgehead atoms. The Morgan fingerprint density at radius 2 is 1.89 bits per heavy atom. The molecular weight excluding hydrogens is 440 g/mol. The largest absolute Gasteiger partial charge is 0.383 e. The molecule has 0 radical (unpaired) electrons. The number of nitrogens with zero attached hydrogens (tertiary/aromatic N) is 4. The number of methoxy groups -OCH3 is 1. The van der Waals surface area contributed by atoms with Gasteiger partial charge >= 0.3 is 0 Å². The highest BCUT2D eigenvalue weighted by Gasteiger charge is 2.25. The summed E-state index contributed by atoms with van der Waals surface area (Å²) in [6.45, 7) is 7.28. The van der Waals surface area contributed by atoms with E-state index in [0.29, 0.717) is 24.5 Å². The van der Waals surface area contributed by atoms with Crippen LogP contribution in [0.15, 0.2) is 36.5 Å². The number of ether oxygens (including phenoxy) is 2. The minimum Gasteiger partial charge on any atom is -0.383 e. The summed E-state index contributed by atoms with van der Waals surface area (Å²) in [5, 5.41) is 8.29. The van der Waals surface area contributed by atoms with E-state index in [4.69, 9.17) is 20.3 Å². The lowest BCUT2D eigenvalue weighted by Gasteiger charge is -2.26. The van der Waals surface area contributed by atoms with Gasteiger partial charge in [0.25, 0.3) is 0 Å². The first-order chi connectivity index (χ1) is 17.1. The van der Waals surface area contributed by atoms with Crippen molar-refractivity contribution in [3.8, 4) is 11.1 Å². The van der Waals surface area contributed by atoms with Crippen LogP contribution < -0.4 is 11.1 Å². The smallest absolute Gasteiger partial charge is 0.241 e. The van der Waals surface area contributed by atoms with Gasteiger partial charge in [0, 0.05) is 56.0 Å². The average Bonchev–Trinajstić information content (AvgIpc) is 3.24. The van der Waals surface area contributed by atoms with Crippen molar-refractivity contribution in [2.24, 2.45) is 5.73 Å². The van der Waals surface area contributed by atoms with E-state index in [2.05, 4.69) is 57.0 Å². The lowest BCUT2D eigenvalue weighted by atomic mass is 9.84. The van der Waals surface area contributed by atoms with Gasteiger partial charge in [-0.3, -0.25) is 4.90 Å². The number of rotatable bonds is 8. The van der Waals surface area contributed by atoms with E-state index < -0.39 is 0 Å². The van der Waals surface area contributed by atoms with Crippen LogP contribution in [0.4, 0.5) is 5.95 Å². The molecule has 1 aliphatic carbocycles. The van der Waals surface area contributed by atoms with E-state index in [0.717, 1.165) is 64.0 Å². The third-order valence-corrected chi connectivity index (χ3v) is 7.30. The number of nitrogens with two attached hydrogens (primary N) is 1. The van der Waals surface area contributed by atoms with Crippen molar-refractivity contribution >= 4 is 11.5 Å². The van der Waals surface area contributed by atoms with Gasteiger partial charge in [0.05, 0.1) is 31.5 Å². The van der Waals surface area contributed by atoms with E-state index in [1.54, 1.807) is 7.11 Å². The molecule has 5 rings (SSSR count). The van der Waals surface area contributed by atoms with Crippen molar-refractivity contribution in [2.45, 2.75) is 57.2 Å². The summed E-state index contributed by atoms with van der Waals surface area (Å²) in [4.78, 5) is 7.09. The molecule has 0 amide bonds. The topological polar surface area (TPSA) is 89.9 Å². The summed E-state index contributed by atoms with van der Waals surface area (Å²) in [5.41, 5.74) is 12.2. The van der Waals surface area contributed by atoms with Crippen LogP contribution in [0.5, 0.6) is 0 Å². The molecule has 3 N–H and O–H groups in total. The minimum atomic E-state index is 0.127. The third kappa shape index (κ3) is 5.67. The molecule has 8 nitrogen and oxygen atoms in total. The lowest BCUT2D eigenvalue weighted by molar-refractivity contribution is 0.0342. The van der Waals surface area contributed by atoms with Crippen LogP contribution in [0, 0.1) is 0 Å². The molecule has 3 aromatic rings. The molecule has 1 unspecified atom stereocenters. The third-order valence-electron chi connectivity index (χ3n) is 7.30. The Morgan fingerprint density at radius 1 is 1.14 bits per heavy atom. The maximum absolute atomic E-state index is 6.21. The van der Waals surface area contributed by atoms with Gasteiger partial charge in [-0.05, 0) is 49.8 Å². The van der Waals surface area contributed by atoms with Crippen molar-refractivity contribution < 1.29 is 9.47 Å². The summed E-state index contributed by atoms with van der Waals surface area (Å²) < 4.78 is 12.9. The van der Waals surface area contributed by atoms with Gasteiger partial charge in [-0.1, -0.05) is 24.3 Å². The first-order valence-corrected chi connectivity index (χ1v) is 12.9. The fourth-order valence-corrected chi connectivity index (χ4v) is 5.34. The molecule has 2 aromatic heterocycles. The standard InChI is InChI=1S/C27H38N6O2/c1-19(18-34-2)30-27-29-16-26-24(15-25(33(26)31-27)22-7-9-23(28)10-8-22)21-5-3-20(4-6-21)17-32-11-13-35-14-12-32/h3-6,15-16,19,22-23H,7-14,17-18,28H2,1-2H3,(H,30,31)/t19?,22-,23-. The van der Waals surface area contributed by atoms with Crippen LogP contribution >= 0.6 is 0 Å². The van der Waals surface area contributed by atoms with E-state index >= 15 is 0 Å². The normalized spacial score (nSPS) is 22.4. The molecule has 3 heterocycles. The molecule has 1 saturated carbocycles. The second-order valence-corrected chi connectivity index (χ2v) is 10.1. The van der Waals surface area contributed by atoms with Crippen LogP contribution in [0.2, 0.25) is 0 Å². The van der Waals surface area contributed by atoms with Crippen molar-refractivity contribution in [3.05, 3.63) is 47.8 Å². The fourth-order valence-electron chi connectivity index (χ4n) is 5.34. The van der Waals surface area contributed by atoms with Gasteiger partial charge in [0.2, 0.25) is 5.95 Å². The lowest BCUT2D eigenvalue weighted by Crippen LogP contribution is -2.35. The Hall–Kier alpha value is -2.52. The summed E-state index contributed by atoms with van der Waals surface area (Å²) in [7, 11) is 1.71. The molecule has 1 aliphatic heterocycles. The Bertz CT molecular complexity index is 1100. The Labute approximate surface area is 207 Å². The van der Waals surface area contributed by atoms with E-state index in [9.17, 15) is 0 Å². The minimum absolute atomic E-state index is 0.127. The first-order valence-electron chi connectivity index (χ1n) is 12.9. The van der Waals surface area contributed by atoms with E-state index in [1.807, 2.05) is 6.20 Å². The van der Waals surface area contributed by atoms with Crippen LogP contribution in [0.3, 0.4) is 0 Å². The number of morpholine rings is 1. The van der Waals surface area contributed by atoms with Crippen LogP contribution in [0.25, 0.3) is 16.6 Å². The quantitative estimate of drug-likeness (QED) is 0.511. The van der Waals surface area contributed by atoms with Crippen molar-refractivity contribution in [3.63, 3.8) is 0 Å². The maximum Gasteiger partial charge on any atom is 0.241 e. The zero-order valence-corrected chi connectivity index (χ0v) is 20.9. The molecule has 1 saturated heterocycles. The van der Waals surface area contributed by atoms with E-state index in [-0.39, 0.29) is 6.04 Å². The van der Waals surface area contributed by atoms with Gasteiger partial charge in [-0.2, -0.15) is 0 Å². The molecule has 188 valence electrons. The highest BCUT2D eigenvalue weighted by Crippen LogP contribution is 2.37. The van der Waals surface area contributed by atoms with Gasteiger partial charge in [-0.25, -0.2) is 9.50 Å². The number of benzene rings is 1. The number of anilines is 1. The Kier molecular flexibility index (Phi) is 7.63. The van der Waals surface area contributed by atoms with Gasteiger partial charge in [-0.15, -0.1) is 5.10 Å². The second-order valence-electron chi connectivity index (χ2n) is 10.1. The monoisotopic (exact) mass is 478 g/mol. The first kappa shape index (κ1) is 24.2. The van der Waals surface area contributed by atoms with Crippen LogP contribution in [0.1, 0.15) is 49.8 Å². The molecule has 1 aromatic carbocycles. The highest BCUT2D eigenvalue weighted by atomic mass is 16.5. The molecular formula is C27H38N6O2. The molecule has 2 aliphatic rings. The van der Waals surface area contributed by atoms with Gasteiger partial charge < -0.3 is 20.5 Å². The zero-order chi connectivity index (χ0) is 24.2. The van der Waals surface area contributed by atoms with Crippen LogP contribution in [-0.4, -0.2) is 71.6 Å². The van der Waals surface area contributed by atoms with Gasteiger partial charge in [0.1, 0.15) is 0 Å². The number of hydrogen-bond acceptors (Lipinski definition) is 7.